The summed E-state index contributed by atoms with van der Waals surface area (Å²) < 4.78 is 4.46. The van der Waals surface area contributed by atoms with Crippen LogP contribution in [0.1, 0.15) is 104 Å². The van der Waals surface area contributed by atoms with E-state index in [-0.39, 0.29) is 0 Å². The van der Waals surface area contributed by atoms with Gasteiger partial charge < -0.3 is 9.13 Å². The van der Waals surface area contributed by atoms with E-state index in [2.05, 4.69) is 218 Å². The molecular weight excluding hydrogens is 725 g/mol. The minimum atomic E-state index is 0.761. The van der Waals surface area contributed by atoms with Crippen molar-refractivity contribution in [1.29, 1.82) is 0 Å². The molecule has 0 N–H and O–H groups in total. The average Bonchev–Trinajstić information content (AvgIpc) is 3.60. The molecular formula is C58H68N2. The first-order valence-corrected chi connectivity index (χ1v) is 21.4. The van der Waals surface area contributed by atoms with Gasteiger partial charge in [0.2, 0.25) is 0 Å². The van der Waals surface area contributed by atoms with Crippen LogP contribution in [0.4, 0.5) is 0 Å². The summed E-state index contributed by atoms with van der Waals surface area (Å²) in [5.74, 6) is 0. The van der Waals surface area contributed by atoms with E-state index in [9.17, 15) is 0 Å². The van der Waals surface area contributed by atoms with Gasteiger partial charge in [0.1, 0.15) is 0 Å². The highest BCUT2D eigenvalue weighted by atomic mass is 15.0. The predicted octanol–water partition coefficient (Wildman–Crippen LogP) is 13.2. The molecule has 0 radical (unpaired) electrons. The van der Waals surface area contributed by atoms with Crippen molar-refractivity contribution >= 4 is 42.3 Å². The molecule has 4 rings (SSSR count). The molecule has 0 saturated heterocycles. The fraction of sp³-hybridized carbons (Fsp3) is 0.241. The minimum Gasteiger partial charge on any atom is -0.318 e. The standard InChI is InChI=1S/C58H68N2/c1-15-19-24-34-51-37-38-55(53(30-17-3)46(10)45(9)52(51)35-25-20-16-2)58-50(14)59(43(7)33-28-23-27-31-41(5)18-4)49(13)57(58)40-56-48(12)60-44(8)39-42(6)32-26-21-22-29-36-54(56)47(60)11/h15-20,22-25,27-30,32-38,40H,7-8,11-12,21,26,31,39H2,1-6,9-10,13-14H3/b19-15-,20-16-,27-23-,29-22-,30-17-,33-28-,34-24-,35-25-,38-37?,41-18+,42-32+,46-45?,51-37+,52-45+,52-51?,53-46?,54-36+,55-38-,55-53?,56-40+. The highest BCUT2D eigenvalue weighted by molar-refractivity contribution is 5.92. The fourth-order valence-corrected chi connectivity index (χ4v) is 7.92. The van der Waals surface area contributed by atoms with Gasteiger partial charge in [0, 0.05) is 61.5 Å². The molecule has 2 heteroatoms. The van der Waals surface area contributed by atoms with Crippen molar-refractivity contribution in [3.05, 3.63) is 217 Å². The summed E-state index contributed by atoms with van der Waals surface area (Å²) in [4.78, 5) is 0. The van der Waals surface area contributed by atoms with Crippen LogP contribution in [0.5, 0.6) is 0 Å². The van der Waals surface area contributed by atoms with E-state index in [1.54, 1.807) is 0 Å². The number of hydrogen-bond donors (Lipinski definition) is 0. The summed E-state index contributed by atoms with van der Waals surface area (Å²) in [6.45, 7) is 40.1. The first-order valence-electron chi connectivity index (χ1n) is 21.4. The molecule has 0 fully saturated rings. The van der Waals surface area contributed by atoms with Crippen LogP contribution in [0.15, 0.2) is 174 Å². The Kier molecular flexibility index (Phi) is 17.3. The van der Waals surface area contributed by atoms with Gasteiger partial charge >= 0.3 is 0 Å². The third-order valence-corrected chi connectivity index (χ3v) is 11.4. The minimum absolute atomic E-state index is 0.761. The molecule has 2 bridgehead atoms. The molecule has 2 nitrogen and oxygen atoms in total. The Morgan fingerprint density at radius 1 is 0.733 bits per heavy atom. The third-order valence-electron chi connectivity index (χ3n) is 11.4. The Morgan fingerprint density at radius 3 is 2.12 bits per heavy atom. The largest absolute Gasteiger partial charge is 0.318 e. The molecule has 2 aromatic rings. The van der Waals surface area contributed by atoms with Crippen molar-refractivity contribution in [2.45, 2.75) is 94.9 Å². The molecule has 2 aliphatic rings. The van der Waals surface area contributed by atoms with Gasteiger partial charge in [-0.2, -0.15) is 0 Å². The van der Waals surface area contributed by atoms with Crippen molar-refractivity contribution in [1.82, 2.24) is 9.13 Å². The van der Waals surface area contributed by atoms with Gasteiger partial charge in [-0.3, -0.25) is 0 Å². The summed E-state index contributed by atoms with van der Waals surface area (Å²) >= 11 is 0. The maximum Gasteiger partial charge on any atom is 0.0465 e. The quantitative estimate of drug-likeness (QED) is 0.150. The van der Waals surface area contributed by atoms with Crippen molar-refractivity contribution in [2.24, 2.45) is 0 Å². The van der Waals surface area contributed by atoms with Gasteiger partial charge in [-0.15, -0.1) is 0 Å². The van der Waals surface area contributed by atoms with E-state index in [1.807, 2.05) is 13.8 Å². The topological polar surface area (TPSA) is 9.86 Å². The second-order valence-electron chi connectivity index (χ2n) is 15.6. The molecule has 0 spiro atoms. The van der Waals surface area contributed by atoms with Crippen LogP contribution in [0.25, 0.3) is 42.3 Å². The van der Waals surface area contributed by atoms with E-state index >= 15 is 0 Å². The summed E-state index contributed by atoms with van der Waals surface area (Å²) in [5.41, 5.74) is 16.1. The average molecular weight is 793 g/mol. The van der Waals surface area contributed by atoms with Crippen molar-refractivity contribution < 1.29 is 0 Å². The Bertz CT molecular complexity index is 2670. The lowest BCUT2D eigenvalue weighted by atomic mass is 9.84. The molecule has 0 amide bonds. The lowest BCUT2D eigenvalue weighted by Crippen LogP contribution is -2.36. The van der Waals surface area contributed by atoms with Crippen LogP contribution < -0.4 is 21.1 Å². The summed E-state index contributed by atoms with van der Waals surface area (Å²) in [6, 6.07) is 0. The molecule has 2 aromatic heterocycles. The van der Waals surface area contributed by atoms with E-state index < -0.39 is 0 Å². The second kappa shape index (κ2) is 22.3. The Balaban J connectivity index is 2.21. The van der Waals surface area contributed by atoms with Crippen LogP contribution in [0, 0.1) is 13.8 Å². The third kappa shape index (κ3) is 10.9. The SMILES string of the molecule is C=C(/C=C\C=C/C/C(C)=C/C)n1c(C)c(\C=c2/c(=C)n3c(=C)/c2=C\C=C/CC/C=C(\C)CC3=C)c(\C2=C/C=C(\C=C/C=C\C)C(/C=C\C=C/C)=C(\C)C(C)=C2/C=C\C)c1C. The van der Waals surface area contributed by atoms with Gasteiger partial charge in [0.25, 0.3) is 0 Å². The van der Waals surface area contributed by atoms with Crippen LogP contribution in [-0.4, -0.2) is 9.13 Å². The molecule has 310 valence electrons. The normalized spacial score (nSPS) is 21.8. The molecule has 0 atom stereocenters. The van der Waals surface area contributed by atoms with Gasteiger partial charge in [-0.05, 0) is 134 Å². The van der Waals surface area contributed by atoms with E-state index in [0.717, 1.165) is 91.9 Å². The summed E-state index contributed by atoms with van der Waals surface area (Å²) in [6.07, 6.45) is 51.5. The maximum atomic E-state index is 4.71. The molecule has 60 heavy (non-hydrogen) atoms. The molecule has 3 heterocycles. The van der Waals surface area contributed by atoms with Crippen LogP contribution in [0.2, 0.25) is 0 Å². The van der Waals surface area contributed by atoms with E-state index in [1.165, 1.54) is 33.4 Å². The first kappa shape index (κ1) is 46.6. The van der Waals surface area contributed by atoms with Gasteiger partial charge in [0.15, 0.2) is 0 Å². The number of rotatable bonds is 12. The van der Waals surface area contributed by atoms with Gasteiger partial charge in [0.05, 0.1) is 0 Å². The number of aromatic nitrogens is 2. The summed E-state index contributed by atoms with van der Waals surface area (Å²) in [7, 11) is 0. The second-order valence-corrected chi connectivity index (χ2v) is 15.6. The van der Waals surface area contributed by atoms with Crippen molar-refractivity contribution in [3.63, 3.8) is 0 Å². The smallest absolute Gasteiger partial charge is 0.0465 e. The highest BCUT2D eigenvalue weighted by Crippen LogP contribution is 2.40. The van der Waals surface area contributed by atoms with Crippen LogP contribution in [0.3, 0.4) is 0 Å². The first-order chi connectivity index (χ1) is 28.8. The Labute approximate surface area is 362 Å². The Morgan fingerprint density at radius 2 is 1.43 bits per heavy atom. The zero-order valence-corrected chi connectivity index (χ0v) is 38.3. The van der Waals surface area contributed by atoms with E-state index in [0.29, 0.717) is 0 Å². The van der Waals surface area contributed by atoms with Crippen LogP contribution >= 0.6 is 0 Å². The van der Waals surface area contributed by atoms with Gasteiger partial charge in [-0.25, -0.2) is 0 Å². The predicted molar refractivity (Wildman–Crippen MR) is 270 cm³/mol. The highest BCUT2D eigenvalue weighted by Gasteiger charge is 2.24. The lowest BCUT2D eigenvalue weighted by Gasteiger charge is -2.20. The number of allylic oxidation sites excluding steroid dienone is 30. The number of hydrogen-bond acceptors (Lipinski definition) is 0. The maximum absolute atomic E-state index is 4.71. The van der Waals surface area contributed by atoms with Crippen LogP contribution in [-0.2, 0) is 0 Å². The number of fused-ring (bicyclic) bond motifs is 2. The zero-order chi connectivity index (χ0) is 43.9. The molecule has 1 aliphatic heterocycles. The monoisotopic (exact) mass is 793 g/mol. The molecule has 0 unspecified atom stereocenters. The van der Waals surface area contributed by atoms with E-state index in [4.69, 9.17) is 6.58 Å². The zero-order valence-electron chi connectivity index (χ0n) is 38.3. The van der Waals surface area contributed by atoms with Crippen molar-refractivity contribution in [3.8, 4) is 0 Å². The molecule has 0 saturated carbocycles. The van der Waals surface area contributed by atoms with Gasteiger partial charge in [-0.1, -0.05) is 159 Å². The molecule has 1 aliphatic carbocycles. The lowest BCUT2D eigenvalue weighted by molar-refractivity contribution is 0.954. The Hall–Kier alpha value is -6.12. The molecule has 0 aromatic carbocycles. The fourth-order valence-electron chi connectivity index (χ4n) is 7.92. The van der Waals surface area contributed by atoms with Crippen molar-refractivity contribution in [2.75, 3.05) is 0 Å². The summed E-state index contributed by atoms with van der Waals surface area (Å²) in [5, 5.41) is 3.87. The number of nitrogens with zero attached hydrogens (tertiary/aromatic N) is 2.